The van der Waals surface area contributed by atoms with Crippen LogP contribution in [0, 0.1) is 0 Å². The van der Waals surface area contributed by atoms with Gasteiger partial charge in [-0.1, -0.05) is 0 Å². The molecule has 8 nitrogen and oxygen atoms in total. The van der Waals surface area contributed by atoms with Gasteiger partial charge in [-0.05, 0) is 6.07 Å². The molecule has 2 N–H and O–H groups in total. The van der Waals surface area contributed by atoms with Gasteiger partial charge in [0.05, 0.1) is 6.42 Å². The maximum Gasteiger partial charge on any atom is 0.255 e. The lowest BCUT2D eigenvalue weighted by Gasteiger charge is -2.04. The van der Waals surface area contributed by atoms with E-state index in [1.54, 1.807) is 29.3 Å². The third-order valence-electron chi connectivity index (χ3n) is 2.63. The number of anilines is 1. The number of nitrogen functional groups attached to an aromatic ring is 1. The first kappa shape index (κ1) is 11.3. The van der Waals surface area contributed by atoms with E-state index in [1.165, 1.54) is 0 Å². The molecule has 96 valence electrons. The summed E-state index contributed by atoms with van der Waals surface area (Å²) in [4.78, 5) is 16.7. The smallest absolute Gasteiger partial charge is 0.255 e. The maximum atomic E-state index is 5.70. The minimum Gasteiger partial charge on any atom is -0.368 e. The predicted molar refractivity (Wildman–Crippen MR) is 67.4 cm³/mol. The molecule has 0 bridgehead atoms. The molecule has 0 saturated carbocycles. The first-order valence-electron chi connectivity index (χ1n) is 5.69. The van der Waals surface area contributed by atoms with E-state index in [1.807, 2.05) is 17.8 Å². The minimum atomic E-state index is 0.171. The van der Waals surface area contributed by atoms with Crippen LogP contribution < -0.4 is 5.73 Å². The van der Waals surface area contributed by atoms with Crippen molar-refractivity contribution in [2.45, 2.75) is 6.42 Å². The molecule has 3 heterocycles. The SMILES string of the molecule is Cn1ccnc1Cc1nc(N)nc(-n2cccn2)n1. The number of nitrogens with zero attached hydrogens (tertiary/aromatic N) is 7. The summed E-state index contributed by atoms with van der Waals surface area (Å²) in [5.41, 5.74) is 5.70. The predicted octanol–water partition coefficient (Wildman–Crippen LogP) is -0.0362. The Morgan fingerprint density at radius 3 is 2.74 bits per heavy atom. The Morgan fingerprint density at radius 2 is 2.05 bits per heavy atom. The number of hydrogen-bond acceptors (Lipinski definition) is 6. The third-order valence-corrected chi connectivity index (χ3v) is 2.63. The van der Waals surface area contributed by atoms with Crippen LogP contribution in [-0.2, 0) is 13.5 Å². The number of imidazole rings is 1. The molecule has 3 aromatic rings. The van der Waals surface area contributed by atoms with Crippen molar-refractivity contribution in [2.75, 3.05) is 5.73 Å². The molecule has 3 aromatic heterocycles. The molecule has 0 radical (unpaired) electrons. The lowest BCUT2D eigenvalue weighted by molar-refractivity contribution is 0.752. The van der Waals surface area contributed by atoms with Crippen LogP contribution in [0.15, 0.2) is 30.9 Å². The number of rotatable bonds is 3. The van der Waals surface area contributed by atoms with Crippen molar-refractivity contribution >= 4 is 5.95 Å². The normalized spacial score (nSPS) is 10.8. The molecule has 0 saturated heterocycles. The largest absolute Gasteiger partial charge is 0.368 e. The summed E-state index contributed by atoms with van der Waals surface area (Å²) in [5, 5.41) is 4.07. The molecular weight excluding hydrogens is 244 g/mol. The second-order valence-corrected chi connectivity index (χ2v) is 3.99. The molecule has 0 aliphatic rings. The average molecular weight is 256 g/mol. The van der Waals surface area contributed by atoms with Crippen molar-refractivity contribution in [3.63, 3.8) is 0 Å². The van der Waals surface area contributed by atoms with Gasteiger partial charge in [0.2, 0.25) is 5.95 Å². The molecule has 0 aliphatic heterocycles. The molecule has 0 aromatic carbocycles. The molecule has 0 unspecified atom stereocenters. The highest BCUT2D eigenvalue weighted by molar-refractivity contribution is 5.23. The van der Waals surface area contributed by atoms with Crippen LogP contribution in [0.4, 0.5) is 5.95 Å². The van der Waals surface area contributed by atoms with E-state index in [9.17, 15) is 0 Å². The van der Waals surface area contributed by atoms with E-state index in [-0.39, 0.29) is 5.95 Å². The van der Waals surface area contributed by atoms with Crippen molar-refractivity contribution < 1.29 is 0 Å². The first-order valence-corrected chi connectivity index (χ1v) is 5.69. The number of hydrogen-bond donors (Lipinski definition) is 1. The van der Waals surface area contributed by atoms with E-state index in [0.29, 0.717) is 18.2 Å². The Balaban J connectivity index is 1.96. The standard InChI is InChI=1S/C11H12N8/c1-18-6-4-13-9(18)7-8-15-10(12)17-11(16-8)19-5-2-3-14-19/h2-6H,7H2,1H3,(H2,12,15,16,17). The summed E-state index contributed by atoms with van der Waals surface area (Å²) in [6.07, 6.45) is 7.49. The van der Waals surface area contributed by atoms with Gasteiger partial charge in [-0.2, -0.15) is 20.1 Å². The fourth-order valence-electron chi connectivity index (χ4n) is 1.70. The summed E-state index contributed by atoms with van der Waals surface area (Å²) in [6, 6.07) is 1.79. The van der Waals surface area contributed by atoms with Gasteiger partial charge in [-0.15, -0.1) is 0 Å². The van der Waals surface area contributed by atoms with Crippen LogP contribution in [0.1, 0.15) is 11.6 Å². The van der Waals surface area contributed by atoms with Crippen molar-refractivity contribution in [3.05, 3.63) is 42.5 Å². The molecule has 0 fully saturated rings. The molecule has 8 heteroatoms. The number of aryl methyl sites for hydroxylation is 1. The Bertz CT molecular complexity index is 685. The van der Waals surface area contributed by atoms with Gasteiger partial charge < -0.3 is 10.3 Å². The number of aromatic nitrogens is 7. The Labute approximate surface area is 109 Å². The molecule has 0 atom stereocenters. The summed E-state index contributed by atoms with van der Waals surface area (Å²) < 4.78 is 3.45. The van der Waals surface area contributed by atoms with Gasteiger partial charge in [0.1, 0.15) is 11.6 Å². The van der Waals surface area contributed by atoms with E-state index in [4.69, 9.17) is 5.73 Å². The van der Waals surface area contributed by atoms with E-state index < -0.39 is 0 Å². The van der Waals surface area contributed by atoms with Crippen LogP contribution in [0.5, 0.6) is 0 Å². The third kappa shape index (κ3) is 2.28. The first-order chi connectivity index (χ1) is 9.22. The Morgan fingerprint density at radius 1 is 1.16 bits per heavy atom. The van der Waals surface area contributed by atoms with Crippen molar-refractivity contribution in [1.82, 2.24) is 34.3 Å². The molecule has 0 spiro atoms. The summed E-state index contributed by atoms with van der Waals surface area (Å²) in [7, 11) is 1.92. The van der Waals surface area contributed by atoms with Crippen LogP contribution in [0.3, 0.4) is 0 Å². The van der Waals surface area contributed by atoms with E-state index >= 15 is 0 Å². The highest BCUT2D eigenvalue weighted by Crippen LogP contribution is 2.06. The zero-order valence-electron chi connectivity index (χ0n) is 10.3. The molecule has 19 heavy (non-hydrogen) atoms. The van der Waals surface area contributed by atoms with E-state index in [2.05, 4.69) is 25.0 Å². The summed E-state index contributed by atoms with van der Waals surface area (Å²) in [6.45, 7) is 0. The Hall–Kier alpha value is -2.77. The van der Waals surface area contributed by atoms with Gasteiger partial charge in [-0.25, -0.2) is 9.67 Å². The van der Waals surface area contributed by atoms with Gasteiger partial charge >= 0.3 is 0 Å². The molecule has 3 rings (SSSR count). The average Bonchev–Trinajstić information content (AvgIpc) is 3.01. The molecule has 0 aliphatic carbocycles. The van der Waals surface area contributed by atoms with E-state index in [0.717, 1.165) is 5.82 Å². The van der Waals surface area contributed by atoms with Crippen LogP contribution in [0.2, 0.25) is 0 Å². The second kappa shape index (κ2) is 4.48. The van der Waals surface area contributed by atoms with Gasteiger partial charge in [-0.3, -0.25) is 0 Å². The van der Waals surface area contributed by atoms with Gasteiger partial charge in [0.25, 0.3) is 5.95 Å². The highest BCUT2D eigenvalue weighted by atomic mass is 15.4. The fraction of sp³-hybridized carbons (Fsp3) is 0.182. The van der Waals surface area contributed by atoms with Crippen LogP contribution >= 0.6 is 0 Å². The minimum absolute atomic E-state index is 0.171. The zero-order valence-corrected chi connectivity index (χ0v) is 10.3. The number of nitrogens with two attached hydrogens (primary N) is 1. The summed E-state index contributed by atoms with van der Waals surface area (Å²) in [5.74, 6) is 2.00. The van der Waals surface area contributed by atoms with Crippen LogP contribution in [-0.4, -0.2) is 34.3 Å². The lowest BCUT2D eigenvalue weighted by atomic mass is 10.4. The lowest BCUT2D eigenvalue weighted by Crippen LogP contribution is -2.11. The van der Waals surface area contributed by atoms with Crippen molar-refractivity contribution in [3.8, 4) is 5.95 Å². The quantitative estimate of drug-likeness (QED) is 0.706. The fourth-order valence-corrected chi connectivity index (χ4v) is 1.70. The monoisotopic (exact) mass is 256 g/mol. The summed E-state index contributed by atoms with van der Waals surface area (Å²) >= 11 is 0. The molecule has 0 amide bonds. The molecular formula is C11H12N8. The Kier molecular flexibility index (Phi) is 2.67. The highest BCUT2D eigenvalue weighted by Gasteiger charge is 2.09. The topological polar surface area (TPSA) is 100 Å². The maximum absolute atomic E-state index is 5.70. The zero-order chi connectivity index (χ0) is 13.2. The van der Waals surface area contributed by atoms with Crippen LogP contribution in [0.25, 0.3) is 5.95 Å². The van der Waals surface area contributed by atoms with Gasteiger partial charge in [0.15, 0.2) is 0 Å². The second-order valence-electron chi connectivity index (χ2n) is 3.99. The van der Waals surface area contributed by atoms with Gasteiger partial charge in [0, 0.05) is 31.8 Å². The van der Waals surface area contributed by atoms with Crippen molar-refractivity contribution in [1.29, 1.82) is 0 Å². The van der Waals surface area contributed by atoms with Crippen molar-refractivity contribution in [2.24, 2.45) is 7.05 Å².